The highest BCUT2D eigenvalue weighted by Crippen LogP contribution is 2.37. The van der Waals surface area contributed by atoms with Crippen LogP contribution in [0.2, 0.25) is 0 Å². The third-order valence-electron chi connectivity index (χ3n) is 4.70. The smallest absolute Gasteiger partial charge is 0.264 e. The Morgan fingerprint density at radius 1 is 1.27 bits per heavy atom. The van der Waals surface area contributed by atoms with E-state index >= 15 is 0 Å². The second-order valence-electron chi connectivity index (χ2n) is 7.17. The predicted octanol–water partition coefficient (Wildman–Crippen LogP) is 3.96. The summed E-state index contributed by atoms with van der Waals surface area (Å²) in [6, 6.07) is 11.1. The molecule has 0 unspecified atom stereocenters. The van der Waals surface area contributed by atoms with Gasteiger partial charge in [0.15, 0.2) is 0 Å². The van der Waals surface area contributed by atoms with Crippen molar-refractivity contribution < 1.29 is 22.1 Å². The molecule has 3 heterocycles. The van der Waals surface area contributed by atoms with Crippen molar-refractivity contribution in [3.63, 3.8) is 0 Å². The molecule has 12 heteroatoms. The predicted molar refractivity (Wildman–Crippen MR) is 128 cm³/mol. The zero-order valence-electron chi connectivity index (χ0n) is 17.6. The molecule has 4 aromatic rings. The molecule has 0 aliphatic carbocycles. The van der Waals surface area contributed by atoms with E-state index in [0.717, 1.165) is 16.3 Å². The number of aromatic nitrogens is 3. The van der Waals surface area contributed by atoms with Gasteiger partial charge in [0.25, 0.3) is 16.0 Å². The maximum absolute atomic E-state index is 12.1. The molecule has 4 rings (SSSR count). The summed E-state index contributed by atoms with van der Waals surface area (Å²) in [4.78, 5) is 20.9. The van der Waals surface area contributed by atoms with Crippen molar-refractivity contribution in [2.24, 2.45) is 5.73 Å². The summed E-state index contributed by atoms with van der Waals surface area (Å²) in [5.41, 5.74) is 8.22. The number of amides is 1. The molecule has 1 atom stereocenters. The molecule has 1 amide bonds. The molecule has 0 spiro atoms. The Morgan fingerprint density at radius 2 is 2.03 bits per heavy atom. The molecule has 0 fully saturated rings. The zero-order chi connectivity index (χ0) is 23.8. The summed E-state index contributed by atoms with van der Waals surface area (Å²) >= 11 is 4.69. The highest BCUT2D eigenvalue weighted by atomic mass is 79.9. The number of imidazole rings is 1. The number of benzene rings is 1. The van der Waals surface area contributed by atoms with Gasteiger partial charge in [-0.15, -0.1) is 11.3 Å². The first-order valence-corrected chi connectivity index (χ1v) is 13.1. The van der Waals surface area contributed by atoms with Gasteiger partial charge in [-0.1, -0.05) is 34.1 Å². The maximum atomic E-state index is 12.1. The van der Waals surface area contributed by atoms with Gasteiger partial charge < -0.3 is 10.5 Å². The molecule has 3 aromatic heterocycles. The standard InChI is InChI=1S/C21H19BrN4O5S2/c1-12(14-5-3-4-6-15(14)22)31-18-8-19(32-20(18)21(23)27)26-11-25-16-9-24-13(7-17(16)26)10-30-33(2,28)29/h3-9,11-12H,10H2,1-2H3,(H2,23,27)/t12-/m1/s1. The van der Waals surface area contributed by atoms with Gasteiger partial charge in [0.05, 0.1) is 23.7 Å². The van der Waals surface area contributed by atoms with Gasteiger partial charge in [0, 0.05) is 16.1 Å². The molecule has 0 saturated heterocycles. The molecule has 33 heavy (non-hydrogen) atoms. The molecule has 0 bridgehead atoms. The average molecular weight is 551 g/mol. The number of ether oxygens (including phenoxy) is 1. The summed E-state index contributed by atoms with van der Waals surface area (Å²) in [6.07, 6.45) is 3.75. The van der Waals surface area contributed by atoms with Crippen molar-refractivity contribution in [1.29, 1.82) is 0 Å². The van der Waals surface area contributed by atoms with Crippen LogP contribution in [0.15, 0.2) is 53.4 Å². The lowest BCUT2D eigenvalue weighted by molar-refractivity contribution is 0.0998. The SMILES string of the molecule is C[C@@H](Oc1cc(-n2cnc3cnc(COS(C)(=O)=O)cc32)sc1C(N)=O)c1ccccc1Br. The molecule has 172 valence electrons. The van der Waals surface area contributed by atoms with Crippen LogP contribution in [0, 0.1) is 0 Å². The lowest BCUT2D eigenvalue weighted by atomic mass is 10.1. The molecule has 1 aromatic carbocycles. The number of primary amides is 1. The van der Waals surface area contributed by atoms with E-state index in [1.165, 1.54) is 17.5 Å². The monoisotopic (exact) mass is 550 g/mol. The zero-order valence-corrected chi connectivity index (χ0v) is 20.8. The van der Waals surface area contributed by atoms with Crippen LogP contribution in [0.3, 0.4) is 0 Å². The van der Waals surface area contributed by atoms with Crippen molar-refractivity contribution in [1.82, 2.24) is 14.5 Å². The summed E-state index contributed by atoms with van der Waals surface area (Å²) in [7, 11) is -3.61. The molecule has 0 radical (unpaired) electrons. The Bertz CT molecular complexity index is 1450. The van der Waals surface area contributed by atoms with E-state index < -0.39 is 16.0 Å². The van der Waals surface area contributed by atoms with Gasteiger partial charge in [-0.2, -0.15) is 8.42 Å². The largest absolute Gasteiger partial charge is 0.484 e. The summed E-state index contributed by atoms with van der Waals surface area (Å²) < 4.78 is 36.2. The Labute approximate surface area is 202 Å². The molecule has 9 nitrogen and oxygen atoms in total. The van der Waals surface area contributed by atoms with E-state index in [1.807, 2.05) is 31.2 Å². The number of fused-ring (bicyclic) bond motifs is 1. The summed E-state index contributed by atoms with van der Waals surface area (Å²) in [6.45, 7) is 1.68. The van der Waals surface area contributed by atoms with E-state index in [0.29, 0.717) is 27.5 Å². The number of halogens is 1. The number of rotatable bonds is 8. The number of hydrogen-bond acceptors (Lipinski definition) is 8. The van der Waals surface area contributed by atoms with E-state index in [4.69, 9.17) is 14.7 Å². The van der Waals surface area contributed by atoms with Crippen LogP contribution in [-0.4, -0.2) is 35.1 Å². The third-order valence-corrected chi connectivity index (χ3v) is 7.10. The van der Waals surface area contributed by atoms with Gasteiger partial charge in [-0.25, -0.2) is 4.98 Å². The Balaban J connectivity index is 1.69. The Hall–Kier alpha value is -2.80. The van der Waals surface area contributed by atoms with Crippen molar-refractivity contribution in [2.75, 3.05) is 6.26 Å². The highest BCUT2D eigenvalue weighted by molar-refractivity contribution is 9.10. The topological polar surface area (TPSA) is 126 Å². The number of hydrogen-bond donors (Lipinski definition) is 1. The number of nitrogens with zero attached hydrogens (tertiary/aromatic N) is 3. The fraction of sp³-hybridized carbons (Fsp3) is 0.190. The van der Waals surface area contributed by atoms with Crippen molar-refractivity contribution in [3.8, 4) is 10.8 Å². The summed E-state index contributed by atoms with van der Waals surface area (Å²) in [5.74, 6) is -0.240. The maximum Gasteiger partial charge on any atom is 0.264 e. The normalized spacial score (nSPS) is 12.7. The molecule has 0 aliphatic heterocycles. The number of nitrogens with two attached hydrogens (primary N) is 1. The number of pyridine rings is 1. The van der Waals surface area contributed by atoms with Crippen LogP contribution in [0.5, 0.6) is 5.75 Å². The second-order valence-corrected chi connectivity index (χ2v) is 10.7. The minimum absolute atomic E-state index is 0.200. The summed E-state index contributed by atoms with van der Waals surface area (Å²) in [5, 5.41) is 0.654. The number of carbonyl (C=O) groups excluding carboxylic acids is 1. The van der Waals surface area contributed by atoms with Crippen LogP contribution < -0.4 is 10.5 Å². The quantitative estimate of drug-likeness (QED) is 0.329. The average Bonchev–Trinajstić information content (AvgIpc) is 3.35. The van der Waals surface area contributed by atoms with Crippen LogP contribution >= 0.6 is 27.3 Å². The lowest BCUT2D eigenvalue weighted by Crippen LogP contribution is -2.12. The fourth-order valence-corrected chi connectivity index (χ4v) is 5.04. The van der Waals surface area contributed by atoms with Crippen molar-refractivity contribution in [3.05, 3.63) is 69.5 Å². The molecule has 0 aliphatic rings. The van der Waals surface area contributed by atoms with Crippen LogP contribution in [-0.2, 0) is 20.9 Å². The molecule has 2 N–H and O–H groups in total. The molecular formula is C21H19BrN4O5S2. The Kier molecular flexibility index (Phi) is 6.52. The Morgan fingerprint density at radius 3 is 2.73 bits per heavy atom. The molecule has 0 saturated carbocycles. The first-order chi connectivity index (χ1) is 15.6. The van der Waals surface area contributed by atoms with E-state index in [2.05, 4.69) is 25.9 Å². The first-order valence-electron chi connectivity index (χ1n) is 9.64. The van der Waals surface area contributed by atoms with Gasteiger partial charge in [0.2, 0.25) is 0 Å². The van der Waals surface area contributed by atoms with Crippen molar-refractivity contribution >= 4 is 54.3 Å². The second kappa shape index (κ2) is 9.21. The minimum atomic E-state index is -3.61. The van der Waals surface area contributed by atoms with Crippen molar-refractivity contribution in [2.45, 2.75) is 19.6 Å². The van der Waals surface area contributed by atoms with Gasteiger partial charge in [-0.05, 0) is 19.1 Å². The highest BCUT2D eigenvalue weighted by Gasteiger charge is 2.21. The van der Waals surface area contributed by atoms with E-state index in [1.54, 1.807) is 23.0 Å². The lowest BCUT2D eigenvalue weighted by Gasteiger charge is -2.16. The number of carbonyl (C=O) groups is 1. The van der Waals surface area contributed by atoms with Gasteiger partial charge >= 0.3 is 0 Å². The van der Waals surface area contributed by atoms with Crippen LogP contribution in [0.1, 0.15) is 34.0 Å². The van der Waals surface area contributed by atoms with Crippen LogP contribution in [0.25, 0.3) is 16.0 Å². The third kappa shape index (κ3) is 5.24. The van der Waals surface area contributed by atoms with Gasteiger partial charge in [-0.3, -0.25) is 18.5 Å². The van der Waals surface area contributed by atoms with E-state index in [-0.39, 0.29) is 17.6 Å². The van der Waals surface area contributed by atoms with Crippen LogP contribution in [0.4, 0.5) is 0 Å². The number of thiophene rings is 1. The molecular weight excluding hydrogens is 532 g/mol. The van der Waals surface area contributed by atoms with Gasteiger partial charge in [0.1, 0.15) is 40.2 Å². The fourth-order valence-electron chi connectivity index (χ4n) is 3.17. The minimum Gasteiger partial charge on any atom is -0.484 e. The van der Waals surface area contributed by atoms with E-state index in [9.17, 15) is 13.2 Å². The first kappa shape index (κ1) is 23.4.